The quantitative estimate of drug-likeness (QED) is 0.799. The standard InChI is InChI=1S/C14H21FN2/c15-14-10-13(16)7-6-12(14)11-17-8-4-2-1-3-5-9-17/h6-7,10H,1-5,8-9,11,16H2. The number of anilines is 1. The summed E-state index contributed by atoms with van der Waals surface area (Å²) in [4.78, 5) is 2.35. The maximum Gasteiger partial charge on any atom is 0.129 e. The summed E-state index contributed by atoms with van der Waals surface area (Å²) in [5.41, 5.74) is 6.82. The van der Waals surface area contributed by atoms with Gasteiger partial charge in [-0.1, -0.05) is 25.3 Å². The number of nitrogens with zero attached hydrogens (tertiary/aromatic N) is 1. The van der Waals surface area contributed by atoms with Gasteiger partial charge in [-0.25, -0.2) is 4.39 Å². The Balaban J connectivity index is 1.98. The second-order valence-corrected chi connectivity index (χ2v) is 4.89. The van der Waals surface area contributed by atoms with E-state index in [9.17, 15) is 4.39 Å². The first-order valence-corrected chi connectivity index (χ1v) is 6.52. The molecular formula is C14H21FN2. The molecule has 0 aromatic heterocycles. The molecule has 94 valence electrons. The highest BCUT2D eigenvalue weighted by Gasteiger charge is 2.11. The highest BCUT2D eigenvalue weighted by molar-refractivity contribution is 5.40. The average Bonchev–Trinajstić information content (AvgIpc) is 2.25. The molecule has 17 heavy (non-hydrogen) atoms. The van der Waals surface area contributed by atoms with E-state index >= 15 is 0 Å². The van der Waals surface area contributed by atoms with Crippen molar-refractivity contribution in [3.63, 3.8) is 0 Å². The van der Waals surface area contributed by atoms with Crippen LogP contribution >= 0.6 is 0 Å². The molecule has 1 aromatic carbocycles. The fourth-order valence-corrected chi connectivity index (χ4v) is 2.40. The van der Waals surface area contributed by atoms with Crippen LogP contribution in [0.1, 0.15) is 37.7 Å². The molecule has 1 fully saturated rings. The van der Waals surface area contributed by atoms with Crippen molar-refractivity contribution in [2.75, 3.05) is 18.8 Å². The Kier molecular flexibility index (Phi) is 4.37. The van der Waals surface area contributed by atoms with Crippen LogP contribution < -0.4 is 5.73 Å². The van der Waals surface area contributed by atoms with Gasteiger partial charge in [-0.2, -0.15) is 0 Å². The second kappa shape index (κ2) is 6.01. The highest BCUT2D eigenvalue weighted by atomic mass is 19.1. The first-order valence-electron chi connectivity index (χ1n) is 6.52. The van der Waals surface area contributed by atoms with Gasteiger partial charge >= 0.3 is 0 Å². The molecule has 1 aliphatic heterocycles. The summed E-state index contributed by atoms with van der Waals surface area (Å²) in [6.07, 6.45) is 6.43. The largest absolute Gasteiger partial charge is 0.399 e. The number of nitrogen functional groups attached to an aromatic ring is 1. The van der Waals surface area contributed by atoms with Crippen LogP contribution in [0.4, 0.5) is 10.1 Å². The van der Waals surface area contributed by atoms with Gasteiger partial charge in [0.2, 0.25) is 0 Å². The van der Waals surface area contributed by atoms with E-state index in [2.05, 4.69) is 4.90 Å². The van der Waals surface area contributed by atoms with Crippen molar-refractivity contribution in [2.45, 2.75) is 38.6 Å². The molecule has 2 nitrogen and oxygen atoms in total. The van der Waals surface area contributed by atoms with Crippen LogP contribution in [0.2, 0.25) is 0 Å². The topological polar surface area (TPSA) is 29.3 Å². The smallest absolute Gasteiger partial charge is 0.129 e. The van der Waals surface area contributed by atoms with Gasteiger partial charge in [0.05, 0.1) is 0 Å². The Morgan fingerprint density at radius 2 is 1.71 bits per heavy atom. The van der Waals surface area contributed by atoms with E-state index in [1.165, 1.54) is 38.2 Å². The molecule has 0 unspecified atom stereocenters. The first kappa shape index (κ1) is 12.4. The van der Waals surface area contributed by atoms with Gasteiger partial charge < -0.3 is 5.73 Å². The average molecular weight is 236 g/mol. The van der Waals surface area contributed by atoms with Crippen molar-refractivity contribution in [2.24, 2.45) is 0 Å². The summed E-state index contributed by atoms with van der Waals surface area (Å²) in [7, 11) is 0. The molecule has 3 heteroatoms. The third kappa shape index (κ3) is 3.70. The molecule has 1 heterocycles. The Bertz CT molecular complexity index is 357. The summed E-state index contributed by atoms with van der Waals surface area (Å²) in [6.45, 7) is 2.89. The number of benzene rings is 1. The van der Waals surface area contributed by atoms with Gasteiger partial charge in [0, 0.05) is 17.8 Å². The summed E-state index contributed by atoms with van der Waals surface area (Å²) in [5.74, 6) is -0.174. The van der Waals surface area contributed by atoms with E-state index in [4.69, 9.17) is 5.73 Å². The molecule has 0 spiro atoms. The zero-order valence-corrected chi connectivity index (χ0v) is 10.3. The second-order valence-electron chi connectivity index (χ2n) is 4.89. The van der Waals surface area contributed by atoms with Gasteiger partial charge in [-0.3, -0.25) is 4.90 Å². The van der Waals surface area contributed by atoms with E-state index in [0.29, 0.717) is 12.2 Å². The Morgan fingerprint density at radius 3 is 2.35 bits per heavy atom. The monoisotopic (exact) mass is 236 g/mol. The molecule has 1 saturated heterocycles. The lowest BCUT2D eigenvalue weighted by Crippen LogP contribution is -2.27. The molecule has 0 bridgehead atoms. The highest BCUT2D eigenvalue weighted by Crippen LogP contribution is 2.17. The zero-order valence-electron chi connectivity index (χ0n) is 10.3. The maximum atomic E-state index is 13.7. The van der Waals surface area contributed by atoms with Crippen LogP contribution in [0.3, 0.4) is 0 Å². The number of hydrogen-bond donors (Lipinski definition) is 1. The Morgan fingerprint density at radius 1 is 1.06 bits per heavy atom. The van der Waals surface area contributed by atoms with E-state index in [-0.39, 0.29) is 5.82 Å². The van der Waals surface area contributed by atoms with Gasteiger partial charge in [-0.15, -0.1) is 0 Å². The summed E-state index contributed by atoms with van der Waals surface area (Å²) < 4.78 is 13.7. The van der Waals surface area contributed by atoms with Crippen LogP contribution in [0.5, 0.6) is 0 Å². The minimum atomic E-state index is -0.174. The van der Waals surface area contributed by atoms with Crippen molar-refractivity contribution < 1.29 is 4.39 Å². The van der Waals surface area contributed by atoms with Crippen LogP contribution in [0.25, 0.3) is 0 Å². The normalized spacial score (nSPS) is 18.6. The molecule has 0 atom stereocenters. The van der Waals surface area contributed by atoms with Crippen molar-refractivity contribution in [3.8, 4) is 0 Å². The summed E-state index contributed by atoms with van der Waals surface area (Å²) in [5, 5.41) is 0. The number of hydrogen-bond acceptors (Lipinski definition) is 2. The summed E-state index contributed by atoms with van der Waals surface area (Å²) >= 11 is 0. The Labute approximate surface area is 103 Å². The van der Waals surface area contributed by atoms with Crippen molar-refractivity contribution >= 4 is 5.69 Å². The van der Waals surface area contributed by atoms with Gasteiger partial charge in [-0.05, 0) is 38.1 Å². The molecule has 1 aliphatic rings. The van der Waals surface area contributed by atoms with Crippen LogP contribution in [0, 0.1) is 5.82 Å². The summed E-state index contributed by atoms with van der Waals surface area (Å²) in [6, 6.07) is 5.01. The minimum Gasteiger partial charge on any atom is -0.399 e. The van der Waals surface area contributed by atoms with Crippen LogP contribution in [-0.2, 0) is 6.54 Å². The van der Waals surface area contributed by atoms with Crippen molar-refractivity contribution in [3.05, 3.63) is 29.6 Å². The van der Waals surface area contributed by atoms with E-state index < -0.39 is 0 Å². The van der Waals surface area contributed by atoms with Gasteiger partial charge in [0.1, 0.15) is 5.82 Å². The third-order valence-corrected chi connectivity index (χ3v) is 3.42. The van der Waals surface area contributed by atoms with Crippen molar-refractivity contribution in [1.29, 1.82) is 0 Å². The lowest BCUT2D eigenvalue weighted by molar-refractivity contribution is 0.237. The Hall–Kier alpha value is -1.09. The molecular weight excluding hydrogens is 215 g/mol. The lowest BCUT2D eigenvalue weighted by Gasteiger charge is -2.24. The molecule has 1 aromatic rings. The van der Waals surface area contributed by atoms with Gasteiger partial charge in [0.15, 0.2) is 0 Å². The van der Waals surface area contributed by atoms with E-state index in [0.717, 1.165) is 18.7 Å². The lowest BCUT2D eigenvalue weighted by atomic mass is 10.1. The maximum absolute atomic E-state index is 13.7. The number of nitrogens with two attached hydrogens (primary N) is 1. The predicted molar refractivity (Wildman–Crippen MR) is 69.2 cm³/mol. The number of rotatable bonds is 2. The number of halogens is 1. The number of likely N-dealkylation sites (tertiary alicyclic amines) is 1. The molecule has 2 N–H and O–H groups in total. The fraction of sp³-hybridized carbons (Fsp3) is 0.571. The molecule has 0 aliphatic carbocycles. The SMILES string of the molecule is Nc1ccc(CN2CCCCCCC2)c(F)c1. The first-order chi connectivity index (χ1) is 8.25. The van der Waals surface area contributed by atoms with E-state index in [1.54, 1.807) is 6.07 Å². The molecule has 2 rings (SSSR count). The van der Waals surface area contributed by atoms with Gasteiger partial charge in [0.25, 0.3) is 0 Å². The molecule has 0 amide bonds. The zero-order chi connectivity index (χ0) is 12.1. The molecule has 0 saturated carbocycles. The van der Waals surface area contributed by atoms with E-state index in [1.807, 2.05) is 6.07 Å². The van der Waals surface area contributed by atoms with Crippen molar-refractivity contribution in [1.82, 2.24) is 4.90 Å². The third-order valence-electron chi connectivity index (χ3n) is 3.42. The fourth-order valence-electron chi connectivity index (χ4n) is 2.40. The minimum absolute atomic E-state index is 0.174. The van der Waals surface area contributed by atoms with Crippen LogP contribution in [0.15, 0.2) is 18.2 Å². The predicted octanol–water partition coefficient (Wildman–Crippen LogP) is 3.17. The molecule has 0 radical (unpaired) electrons. The van der Waals surface area contributed by atoms with Crippen LogP contribution in [-0.4, -0.2) is 18.0 Å².